The summed E-state index contributed by atoms with van der Waals surface area (Å²) in [5, 5.41) is 2.89. The summed E-state index contributed by atoms with van der Waals surface area (Å²) in [4.78, 5) is 114. The molecule has 0 aromatic heterocycles. The molecule has 2 aromatic rings. The smallest absolute Gasteiger partial charge is 0.329 e. The van der Waals surface area contributed by atoms with E-state index in [-0.39, 0.29) is 37.0 Å². The van der Waals surface area contributed by atoms with Crippen molar-refractivity contribution in [1.82, 2.24) is 20.0 Å². The zero-order chi connectivity index (χ0) is 61.2. The average molecular weight is 1160 g/mol. The lowest BCUT2D eigenvalue weighted by molar-refractivity contribution is -0.174. The number of hydrogen-bond donors (Lipinski definition) is 1. The Morgan fingerprint density at radius 1 is 0.561 bits per heavy atom. The maximum Gasteiger partial charge on any atom is 0.329 e. The van der Waals surface area contributed by atoms with Crippen LogP contribution in [0.5, 0.6) is 0 Å². The number of benzene rings is 2. The van der Waals surface area contributed by atoms with Gasteiger partial charge in [-0.05, 0) is 133 Å². The van der Waals surface area contributed by atoms with E-state index in [1.54, 1.807) is 33.0 Å². The normalized spacial score (nSPS) is 17.5. The number of carbonyl (C=O) groups is 8. The van der Waals surface area contributed by atoms with E-state index < -0.39 is 114 Å². The molecule has 0 radical (unpaired) electrons. The van der Waals surface area contributed by atoms with Gasteiger partial charge in [-0.15, -0.1) is 0 Å². The van der Waals surface area contributed by atoms with Crippen LogP contribution in [0.4, 0.5) is 8.78 Å². The van der Waals surface area contributed by atoms with Crippen molar-refractivity contribution in [2.45, 2.75) is 205 Å². The quantitative estimate of drug-likeness (QED) is 0.0454. The van der Waals surface area contributed by atoms with Gasteiger partial charge in [0.2, 0.25) is 0 Å². The Labute approximate surface area is 484 Å². The van der Waals surface area contributed by atoms with E-state index >= 15 is 8.78 Å². The molecule has 458 valence electrons. The SMILES string of the molecule is CN[C@@H](CC(C)C)C(=O)O[C@H](C)C(=O)N(C)[C@@H](CC(C)(C)F)C(=O)O[C@H](Cc1ccc(C2CCOCC2)cc1)C(=O)N(C)[C@@H](CC(C)C)C(=O)O[C@H](C)C(=O)N(C)[C@@H](CC(C)(C)F)C(=O)O[C@@H](C=O)Cc1ccc(C2CCOCC2)cc1. The lowest BCUT2D eigenvalue weighted by atomic mass is 9.90. The fourth-order valence-corrected chi connectivity index (χ4v) is 10.3. The van der Waals surface area contributed by atoms with Crippen LogP contribution in [-0.2, 0) is 79.6 Å². The summed E-state index contributed by atoms with van der Waals surface area (Å²) >= 11 is 0. The number of nitrogens with one attached hydrogen (secondary N) is 1. The third-order valence-electron chi connectivity index (χ3n) is 15.1. The van der Waals surface area contributed by atoms with Crippen molar-refractivity contribution < 1.29 is 75.6 Å². The lowest BCUT2D eigenvalue weighted by Crippen LogP contribution is -2.54. The zero-order valence-electron chi connectivity index (χ0n) is 50.8. The Morgan fingerprint density at radius 2 is 0.939 bits per heavy atom. The first-order valence-electron chi connectivity index (χ1n) is 28.9. The molecule has 82 heavy (non-hydrogen) atoms. The predicted octanol–water partition coefficient (Wildman–Crippen LogP) is 7.58. The monoisotopic (exact) mass is 1150 g/mol. The van der Waals surface area contributed by atoms with Crippen LogP contribution >= 0.6 is 0 Å². The molecule has 2 aliphatic heterocycles. The first kappa shape index (κ1) is 68.6. The van der Waals surface area contributed by atoms with Crippen molar-refractivity contribution in [3.63, 3.8) is 0 Å². The van der Waals surface area contributed by atoms with Gasteiger partial charge in [-0.25, -0.2) is 23.2 Å². The number of halogens is 2. The number of ether oxygens (including phenoxy) is 6. The molecule has 2 heterocycles. The summed E-state index contributed by atoms with van der Waals surface area (Å²) in [6, 6.07) is 9.76. The second kappa shape index (κ2) is 31.7. The third-order valence-corrected chi connectivity index (χ3v) is 15.1. The summed E-state index contributed by atoms with van der Waals surface area (Å²) in [6.45, 7) is 17.5. The van der Waals surface area contributed by atoms with E-state index in [1.807, 2.05) is 50.2 Å². The Balaban J connectivity index is 1.60. The molecule has 0 aliphatic carbocycles. The minimum absolute atomic E-state index is 0.00722. The molecule has 2 aliphatic rings. The van der Waals surface area contributed by atoms with Gasteiger partial charge >= 0.3 is 23.9 Å². The van der Waals surface area contributed by atoms with Gasteiger partial charge in [0, 0.05) is 73.3 Å². The second-order valence-corrected chi connectivity index (χ2v) is 24.2. The Hall–Kier alpha value is -5.86. The number of amides is 3. The van der Waals surface area contributed by atoms with Crippen molar-refractivity contribution in [3.8, 4) is 0 Å². The van der Waals surface area contributed by atoms with Crippen LogP contribution in [0.1, 0.15) is 155 Å². The Bertz CT molecular complexity index is 2410. The molecule has 1 N–H and O–H groups in total. The Kier molecular flexibility index (Phi) is 26.5. The summed E-state index contributed by atoms with van der Waals surface area (Å²) in [7, 11) is 5.38. The molecule has 2 fully saturated rings. The van der Waals surface area contributed by atoms with Gasteiger partial charge in [0.25, 0.3) is 17.7 Å². The lowest BCUT2D eigenvalue weighted by Gasteiger charge is -2.35. The average Bonchev–Trinajstić information content (AvgIpc) is 3.55. The molecular formula is C62H92F2N4O14. The summed E-state index contributed by atoms with van der Waals surface area (Å²) in [5.41, 5.74) is -0.615. The summed E-state index contributed by atoms with van der Waals surface area (Å²) < 4.78 is 65.2. The fourth-order valence-electron chi connectivity index (χ4n) is 10.3. The van der Waals surface area contributed by atoms with Crippen molar-refractivity contribution in [3.05, 3.63) is 70.8 Å². The number of hydrogen-bond acceptors (Lipinski definition) is 15. The van der Waals surface area contributed by atoms with Gasteiger partial charge in [0.15, 0.2) is 30.7 Å². The minimum atomic E-state index is -2.06. The van der Waals surface area contributed by atoms with Crippen LogP contribution in [0.15, 0.2) is 48.5 Å². The molecule has 0 bridgehead atoms. The zero-order valence-corrected chi connectivity index (χ0v) is 50.8. The van der Waals surface area contributed by atoms with Gasteiger partial charge < -0.3 is 48.4 Å². The Morgan fingerprint density at radius 3 is 1.33 bits per heavy atom. The summed E-state index contributed by atoms with van der Waals surface area (Å²) in [5.74, 6) is -6.10. The van der Waals surface area contributed by atoms with E-state index in [0.29, 0.717) is 56.2 Å². The molecule has 18 nitrogen and oxygen atoms in total. The largest absolute Gasteiger partial charge is 0.453 e. The standard InChI is InChI=1S/C62H92F2N4O14/c1-38(2)31-49(65-11)57(73)79-40(5)54(70)68(14)52(36-62(9,10)64)60(76)82-53(34-43-17-21-45(22-18-43)47-25-29-78-30-26-47)56(72)66(12)50(32-39(3)4)58(74)80-41(6)55(71)67(13)51(35-61(7,8)63)59(75)81-48(37-69)33-42-15-19-44(20-16-42)46-23-27-77-28-24-46/h15-22,37-41,46-53,65H,23-36H2,1-14H3/t40-,41-,48-,49+,50+,51+,52+,53-/m1/s1. The van der Waals surface area contributed by atoms with Gasteiger partial charge in [-0.3, -0.25) is 24.0 Å². The molecule has 0 unspecified atom stereocenters. The van der Waals surface area contributed by atoms with Crippen molar-refractivity contribution in [2.24, 2.45) is 11.8 Å². The highest BCUT2D eigenvalue weighted by Crippen LogP contribution is 2.30. The number of rotatable bonds is 30. The van der Waals surface area contributed by atoms with Crippen molar-refractivity contribution >= 4 is 47.9 Å². The molecule has 0 spiro atoms. The van der Waals surface area contributed by atoms with Crippen LogP contribution in [0.3, 0.4) is 0 Å². The minimum Gasteiger partial charge on any atom is -0.453 e. The molecule has 3 amide bonds. The van der Waals surface area contributed by atoms with E-state index in [4.69, 9.17) is 28.4 Å². The fraction of sp³-hybridized carbons (Fsp3) is 0.677. The number of esters is 4. The highest BCUT2D eigenvalue weighted by atomic mass is 19.1. The van der Waals surface area contributed by atoms with Crippen molar-refractivity contribution in [1.29, 1.82) is 0 Å². The van der Waals surface area contributed by atoms with Gasteiger partial charge in [-0.2, -0.15) is 0 Å². The highest BCUT2D eigenvalue weighted by Gasteiger charge is 2.43. The van der Waals surface area contributed by atoms with Gasteiger partial charge in [0.05, 0.1) is 0 Å². The van der Waals surface area contributed by atoms with E-state index in [9.17, 15) is 38.4 Å². The molecule has 20 heteroatoms. The first-order valence-corrected chi connectivity index (χ1v) is 28.9. The first-order chi connectivity index (χ1) is 38.4. The van der Waals surface area contributed by atoms with Crippen LogP contribution < -0.4 is 5.32 Å². The number of aldehydes is 1. The molecule has 8 atom stereocenters. The topological polar surface area (TPSA) is 214 Å². The van der Waals surface area contributed by atoms with Gasteiger partial charge in [0.1, 0.15) is 35.5 Å². The highest BCUT2D eigenvalue weighted by molar-refractivity contribution is 5.93. The van der Waals surface area contributed by atoms with Crippen molar-refractivity contribution in [2.75, 3.05) is 54.6 Å². The van der Waals surface area contributed by atoms with Crippen LogP contribution in [-0.4, -0.2) is 177 Å². The molecule has 2 aromatic carbocycles. The second-order valence-electron chi connectivity index (χ2n) is 24.2. The maximum atomic E-state index is 15.7. The van der Waals surface area contributed by atoms with Crippen LogP contribution in [0, 0.1) is 11.8 Å². The van der Waals surface area contributed by atoms with Crippen LogP contribution in [0.25, 0.3) is 0 Å². The molecule has 2 saturated heterocycles. The number of alkyl halides is 2. The van der Waals surface area contributed by atoms with E-state index in [2.05, 4.69) is 5.32 Å². The van der Waals surface area contributed by atoms with Gasteiger partial charge in [-0.1, -0.05) is 76.2 Å². The maximum absolute atomic E-state index is 15.7. The predicted molar refractivity (Wildman–Crippen MR) is 304 cm³/mol. The summed E-state index contributed by atoms with van der Waals surface area (Å²) in [6.07, 6.45) is -2.97. The number of nitrogens with zero attached hydrogens (tertiary/aromatic N) is 3. The molecule has 4 rings (SSSR count). The number of likely N-dealkylation sites (N-methyl/N-ethyl adjacent to an activating group) is 4. The van der Waals surface area contributed by atoms with Crippen LogP contribution in [0.2, 0.25) is 0 Å². The third kappa shape index (κ3) is 21.4. The number of carbonyl (C=O) groups excluding carboxylic acids is 8. The molecule has 0 saturated carbocycles. The molecular weight excluding hydrogens is 1060 g/mol. The van der Waals surface area contributed by atoms with E-state index in [1.165, 1.54) is 62.7 Å². The van der Waals surface area contributed by atoms with E-state index in [0.717, 1.165) is 51.5 Å².